The zero-order chi connectivity index (χ0) is 48.8. The van der Waals surface area contributed by atoms with E-state index in [2.05, 4.69) is 53.5 Å². The molecule has 6 bridgehead atoms. The largest absolute Gasteiger partial charge is 0.508 e. The van der Waals surface area contributed by atoms with E-state index in [4.69, 9.17) is 14.5 Å². The number of benzene rings is 2. The number of fused-ring (bicyclic) bond motifs is 6. The summed E-state index contributed by atoms with van der Waals surface area (Å²) in [5.74, 6) is -1.92. The Bertz CT molecular complexity index is 2520. The average molecular weight is 935 g/mol. The topological polar surface area (TPSA) is 197 Å². The van der Waals surface area contributed by atoms with E-state index in [1.54, 1.807) is 33.3 Å². The Kier molecular flexibility index (Phi) is 14.2. The fourth-order valence-corrected chi connectivity index (χ4v) is 10.5. The highest BCUT2D eigenvalue weighted by Crippen LogP contribution is 2.43. The van der Waals surface area contributed by atoms with Crippen LogP contribution in [0, 0.1) is 17.3 Å². The van der Waals surface area contributed by atoms with Gasteiger partial charge in [-0.25, -0.2) is 5.43 Å². The van der Waals surface area contributed by atoms with E-state index in [9.17, 15) is 29.1 Å². The number of phenolic OH excluding ortho intramolecular Hbond substituents is 1. The number of rotatable bonds is 12. The van der Waals surface area contributed by atoms with Crippen molar-refractivity contribution < 1.29 is 38.6 Å². The molecule has 5 heterocycles. The SMILES string of the molecule is CCn1c(C2=C([C@H](C)OC)N=CCC2)c2c3cc(ccc31)-c1cc(O)cc(c1)C[C@H](NC(=O)[C@H](C(C)C)N(C)C(=O)CN(C)C(=O)[C@H]1N[C@H]1C1CC1)C(=O)N1CCC[C@H](N1)C(=O)OCC(C)(C)C2. The van der Waals surface area contributed by atoms with Gasteiger partial charge in [0.25, 0.3) is 5.91 Å². The number of hydrogen-bond acceptors (Lipinski definition) is 11. The van der Waals surface area contributed by atoms with Crippen molar-refractivity contribution in [1.29, 1.82) is 0 Å². The third-order valence-corrected chi connectivity index (χ3v) is 14.4. The van der Waals surface area contributed by atoms with Crippen LogP contribution in [0.25, 0.3) is 27.6 Å². The lowest BCUT2D eigenvalue weighted by molar-refractivity contribution is -0.155. The summed E-state index contributed by atoms with van der Waals surface area (Å²) < 4.78 is 14.3. The van der Waals surface area contributed by atoms with Gasteiger partial charge in [0.2, 0.25) is 17.7 Å². The van der Waals surface area contributed by atoms with Crippen LogP contribution in [-0.2, 0) is 52.8 Å². The number of allylic oxidation sites excluding steroid dienone is 1. The number of cyclic esters (lactones) is 1. The molecule has 366 valence electrons. The zero-order valence-corrected chi connectivity index (χ0v) is 41.2. The second-order valence-electron chi connectivity index (χ2n) is 20.7. The van der Waals surface area contributed by atoms with Crippen LogP contribution in [0.15, 0.2) is 47.1 Å². The molecule has 0 spiro atoms. The molecule has 0 radical (unpaired) electrons. The molecule has 1 aliphatic carbocycles. The van der Waals surface area contributed by atoms with Crippen molar-refractivity contribution in [2.75, 3.05) is 40.9 Å². The van der Waals surface area contributed by atoms with Crippen molar-refractivity contribution >= 4 is 52.3 Å². The molecule has 16 heteroatoms. The molecule has 1 saturated carbocycles. The number of aromatic hydroxyl groups is 1. The summed E-state index contributed by atoms with van der Waals surface area (Å²) in [7, 11) is 4.84. The molecule has 3 fully saturated rings. The Balaban J connectivity index is 1.16. The van der Waals surface area contributed by atoms with Crippen LogP contribution in [0.2, 0.25) is 0 Å². The molecule has 2 aromatic carbocycles. The number of nitrogens with zero attached hydrogens (tertiary/aromatic N) is 5. The van der Waals surface area contributed by atoms with Crippen LogP contribution in [0.1, 0.15) is 96.9 Å². The molecule has 16 nitrogen and oxygen atoms in total. The molecule has 2 saturated heterocycles. The van der Waals surface area contributed by atoms with Crippen molar-refractivity contribution in [3.63, 3.8) is 0 Å². The van der Waals surface area contributed by atoms with Crippen LogP contribution in [0.5, 0.6) is 5.75 Å². The van der Waals surface area contributed by atoms with E-state index in [1.165, 1.54) is 14.8 Å². The molecule has 68 heavy (non-hydrogen) atoms. The predicted octanol–water partition coefficient (Wildman–Crippen LogP) is 4.98. The summed E-state index contributed by atoms with van der Waals surface area (Å²) in [6, 6.07) is 8.43. The summed E-state index contributed by atoms with van der Waals surface area (Å²) in [6.07, 6.45) is 7.02. The van der Waals surface area contributed by atoms with Crippen molar-refractivity contribution in [3.8, 4) is 16.9 Å². The first-order valence-corrected chi connectivity index (χ1v) is 24.5. The van der Waals surface area contributed by atoms with Crippen LogP contribution >= 0.6 is 0 Å². The van der Waals surface area contributed by atoms with Gasteiger partial charge < -0.3 is 34.3 Å². The molecule has 0 unspecified atom stereocenters. The van der Waals surface area contributed by atoms with E-state index in [0.29, 0.717) is 37.3 Å². The summed E-state index contributed by atoms with van der Waals surface area (Å²) in [6.45, 7) is 12.9. The predicted molar refractivity (Wildman–Crippen MR) is 260 cm³/mol. The highest BCUT2D eigenvalue weighted by Gasteiger charge is 2.52. The smallest absolute Gasteiger partial charge is 0.324 e. The maximum atomic E-state index is 14.7. The second-order valence-corrected chi connectivity index (χ2v) is 20.7. The summed E-state index contributed by atoms with van der Waals surface area (Å²) in [5.41, 5.74) is 10.0. The molecule has 4 aliphatic heterocycles. The molecule has 4 amide bonds. The number of hydrazine groups is 1. The Morgan fingerprint density at radius 1 is 1.06 bits per heavy atom. The van der Waals surface area contributed by atoms with Gasteiger partial charge in [0.15, 0.2) is 0 Å². The maximum absolute atomic E-state index is 14.7. The van der Waals surface area contributed by atoms with Crippen LogP contribution in [0.4, 0.5) is 0 Å². The zero-order valence-electron chi connectivity index (χ0n) is 41.2. The van der Waals surface area contributed by atoms with Gasteiger partial charge in [-0.1, -0.05) is 39.8 Å². The number of phenols is 1. The highest BCUT2D eigenvalue weighted by molar-refractivity contribution is 5.96. The molecule has 8 rings (SSSR count). The fourth-order valence-electron chi connectivity index (χ4n) is 10.5. The van der Waals surface area contributed by atoms with Crippen LogP contribution < -0.4 is 16.1 Å². The van der Waals surface area contributed by atoms with Crippen molar-refractivity contribution in [3.05, 3.63) is 58.9 Å². The number of aliphatic imine (C=N–C) groups is 1. The number of methoxy groups -OCH3 is 1. The number of nitrogens with one attached hydrogen (secondary N) is 3. The standard InChI is InChI=1S/C52H70N8O8/c1-10-59-41-18-17-33-25-37(41)38(47(59)36-13-11-19-53-43(36)30(4)67-9)26-52(5,6)28-68-51(66)39-14-12-20-60(56-39)49(64)40(23-31-21-34(33)24-35(61)22-31)54-48(63)46(29(2)3)58(8)42(62)27-57(7)50(65)45-44(55-45)32-15-16-32/h17-19,21-22,24-25,29-30,32,39-40,44-46,55-56,61H,10-16,20,23,26-28H2,1-9H3,(H,54,63)/t30-,39-,40-,44-,45-,46-/m0/s1. The number of carbonyl (C=O) groups excluding carboxylic acids is 5. The minimum atomic E-state index is -1.17. The molecule has 6 atom stereocenters. The van der Waals surface area contributed by atoms with Crippen molar-refractivity contribution in [2.24, 2.45) is 22.2 Å². The summed E-state index contributed by atoms with van der Waals surface area (Å²) in [5, 5.41) is 20.0. The van der Waals surface area contributed by atoms with Crippen molar-refractivity contribution in [2.45, 2.75) is 136 Å². The minimum absolute atomic E-state index is 0.00562. The van der Waals surface area contributed by atoms with Gasteiger partial charge in [-0.2, -0.15) is 0 Å². The molecule has 4 N–H and O–H groups in total. The molecular weight excluding hydrogens is 865 g/mol. The lowest BCUT2D eigenvalue weighted by atomic mass is 9.83. The van der Waals surface area contributed by atoms with Crippen molar-refractivity contribution in [1.82, 2.24) is 35.4 Å². The number of carbonyl (C=O) groups is 5. The first-order chi connectivity index (χ1) is 32.4. The molecule has 1 aromatic heterocycles. The van der Waals surface area contributed by atoms with Gasteiger partial charge in [-0.3, -0.25) is 39.3 Å². The Morgan fingerprint density at radius 3 is 2.53 bits per heavy atom. The van der Waals surface area contributed by atoms with Gasteiger partial charge in [-0.15, -0.1) is 0 Å². The minimum Gasteiger partial charge on any atom is -0.508 e. The molecular formula is C52H70N8O8. The quantitative estimate of drug-likeness (QED) is 0.142. The normalized spacial score (nSPS) is 23.8. The number of ether oxygens (including phenoxy) is 2. The van der Waals surface area contributed by atoms with E-state index in [-0.39, 0.29) is 61.9 Å². The number of aryl methyl sites for hydroxylation is 1. The first-order valence-electron chi connectivity index (χ1n) is 24.5. The third-order valence-electron chi connectivity index (χ3n) is 14.4. The van der Waals surface area contributed by atoms with Gasteiger partial charge in [-0.05, 0) is 117 Å². The molecule has 3 aromatic rings. The second kappa shape index (κ2) is 19.8. The Morgan fingerprint density at radius 2 is 1.82 bits per heavy atom. The fraction of sp³-hybridized carbons (Fsp3) is 0.577. The Hall–Kier alpha value is -5.58. The number of hydrogen-bond donors (Lipinski definition) is 4. The van der Waals surface area contributed by atoms with Gasteiger partial charge >= 0.3 is 5.97 Å². The first kappa shape index (κ1) is 48.9. The monoisotopic (exact) mass is 935 g/mol. The number of likely N-dealkylation sites (N-methyl/N-ethyl adjacent to an activating group) is 2. The maximum Gasteiger partial charge on any atom is 0.324 e. The lowest BCUT2D eigenvalue weighted by Crippen LogP contribution is -2.62. The summed E-state index contributed by atoms with van der Waals surface area (Å²) >= 11 is 0. The van der Waals surface area contributed by atoms with Gasteiger partial charge in [0, 0.05) is 74.9 Å². The summed E-state index contributed by atoms with van der Waals surface area (Å²) in [4.78, 5) is 77.8. The van der Waals surface area contributed by atoms with Crippen LogP contribution in [-0.4, -0.2) is 138 Å². The average Bonchev–Trinajstić information content (AvgIpc) is 4.26. The number of esters is 1. The molecule has 5 aliphatic rings. The highest BCUT2D eigenvalue weighted by atomic mass is 16.5. The van der Waals surface area contributed by atoms with E-state index >= 15 is 0 Å². The van der Waals surface area contributed by atoms with E-state index in [1.807, 2.05) is 39.1 Å². The van der Waals surface area contributed by atoms with E-state index < -0.39 is 47.2 Å². The third kappa shape index (κ3) is 10.2. The van der Waals surface area contributed by atoms with Crippen LogP contribution in [0.3, 0.4) is 0 Å². The Labute approximate surface area is 399 Å². The number of aromatic nitrogens is 1. The van der Waals surface area contributed by atoms with E-state index in [0.717, 1.165) is 70.2 Å². The van der Waals surface area contributed by atoms with Gasteiger partial charge in [0.1, 0.15) is 29.9 Å². The lowest BCUT2D eigenvalue weighted by Gasteiger charge is -2.37. The number of amides is 4. The van der Waals surface area contributed by atoms with Gasteiger partial charge in [0.05, 0.1) is 30.6 Å².